The topological polar surface area (TPSA) is 110 Å². The van der Waals surface area contributed by atoms with Crippen LogP contribution in [0.3, 0.4) is 0 Å². The van der Waals surface area contributed by atoms with Gasteiger partial charge in [-0.15, -0.1) is 0 Å². The van der Waals surface area contributed by atoms with Gasteiger partial charge in [0.1, 0.15) is 6.10 Å². The van der Waals surface area contributed by atoms with Crippen molar-refractivity contribution in [3.05, 3.63) is 23.9 Å². The maximum Gasteiger partial charge on any atom is 0.269 e. The molecule has 2 aromatic rings. The first-order valence-corrected chi connectivity index (χ1v) is 6.85. The van der Waals surface area contributed by atoms with Crippen LogP contribution in [0.15, 0.2) is 18.2 Å². The summed E-state index contributed by atoms with van der Waals surface area (Å²) in [6, 6.07) is 5.16. The highest BCUT2D eigenvalue weighted by Crippen LogP contribution is 2.21. The van der Waals surface area contributed by atoms with Crippen molar-refractivity contribution in [2.45, 2.75) is 25.4 Å². The van der Waals surface area contributed by atoms with E-state index in [0.717, 1.165) is 19.3 Å². The van der Waals surface area contributed by atoms with E-state index < -0.39 is 12.0 Å². The lowest BCUT2D eigenvalue weighted by Crippen LogP contribution is -2.33. The molecule has 1 unspecified atom stereocenters. The molecule has 1 aliphatic rings. The van der Waals surface area contributed by atoms with Crippen molar-refractivity contribution in [1.82, 2.24) is 10.2 Å². The minimum absolute atomic E-state index is 0.162. The zero-order valence-corrected chi connectivity index (χ0v) is 11.4. The van der Waals surface area contributed by atoms with Crippen LogP contribution < -0.4 is 11.1 Å². The molecule has 2 heterocycles. The van der Waals surface area contributed by atoms with Gasteiger partial charge < -0.3 is 15.8 Å². The summed E-state index contributed by atoms with van der Waals surface area (Å²) in [5.41, 5.74) is 6.70. The van der Waals surface area contributed by atoms with Crippen LogP contribution in [0.4, 0.5) is 5.69 Å². The molecule has 1 aliphatic heterocycles. The van der Waals surface area contributed by atoms with Gasteiger partial charge >= 0.3 is 0 Å². The summed E-state index contributed by atoms with van der Waals surface area (Å²) in [6.07, 6.45) is 2.30. The number of nitrogens with zero attached hydrogens (tertiary/aromatic N) is 1. The standard InChI is InChI=1S/C14H16N4O3/c15-13(19)12-9-7-8(4-5-10(9)17-18-12)16-14(20)11-3-1-2-6-21-11/h4-5,7,11H,1-3,6H2,(H2,15,19)(H,16,20)(H,17,18). The van der Waals surface area contributed by atoms with Crippen molar-refractivity contribution in [2.75, 3.05) is 11.9 Å². The number of anilines is 1. The Labute approximate surface area is 120 Å². The molecular formula is C14H16N4O3. The molecule has 2 amide bonds. The van der Waals surface area contributed by atoms with Crippen molar-refractivity contribution >= 4 is 28.4 Å². The van der Waals surface area contributed by atoms with Crippen LogP contribution in [0, 0.1) is 0 Å². The second-order valence-electron chi connectivity index (χ2n) is 5.04. The van der Waals surface area contributed by atoms with Crippen LogP contribution >= 0.6 is 0 Å². The van der Waals surface area contributed by atoms with Crippen LogP contribution in [0.5, 0.6) is 0 Å². The van der Waals surface area contributed by atoms with Crippen LogP contribution in [0.2, 0.25) is 0 Å². The normalized spacial score (nSPS) is 18.6. The summed E-state index contributed by atoms with van der Waals surface area (Å²) in [6.45, 7) is 0.616. The van der Waals surface area contributed by atoms with Gasteiger partial charge in [-0.1, -0.05) is 0 Å². The largest absolute Gasteiger partial charge is 0.368 e. The monoisotopic (exact) mass is 288 g/mol. The summed E-state index contributed by atoms with van der Waals surface area (Å²) in [4.78, 5) is 23.4. The average Bonchev–Trinajstić information content (AvgIpc) is 2.91. The number of amides is 2. The SMILES string of the molecule is NC(=O)c1n[nH]c2ccc(NC(=O)C3CCCCO3)cc12. The second-order valence-corrected chi connectivity index (χ2v) is 5.04. The van der Waals surface area contributed by atoms with Gasteiger partial charge in [-0.3, -0.25) is 14.7 Å². The minimum atomic E-state index is -0.611. The fourth-order valence-electron chi connectivity index (χ4n) is 2.45. The number of primary amides is 1. The van der Waals surface area contributed by atoms with E-state index in [0.29, 0.717) is 23.2 Å². The van der Waals surface area contributed by atoms with Gasteiger partial charge in [0, 0.05) is 17.7 Å². The lowest BCUT2D eigenvalue weighted by atomic mass is 10.1. The van der Waals surface area contributed by atoms with E-state index in [-0.39, 0.29) is 11.6 Å². The van der Waals surface area contributed by atoms with Crippen molar-refractivity contribution in [3.63, 3.8) is 0 Å². The molecule has 1 aromatic heterocycles. The Morgan fingerprint density at radius 1 is 1.38 bits per heavy atom. The van der Waals surface area contributed by atoms with Crippen molar-refractivity contribution < 1.29 is 14.3 Å². The Kier molecular flexibility index (Phi) is 3.57. The van der Waals surface area contributed by atoms with Crippen molar-refractivity contribution in [1.29, 1.82) is 0 Å². The number of fused-ring (bicyclic) bond motifs is 1. The molecule has 0 bridgehead atoms. The lowest BCUT2D eigenvalue weighted by Gasteiger charge is -2.21. The summed E-state index contributed by atoms with van der Waals surface area (Å²) in [7, 11) is 0. The molecule has 1 saturated heterocycles. The first-order valence-electron chi connectivity index (χ1n) is 6.85. The van der Waals surface area contributed by atoms with Gasteiger partial charge in [0.2, 0.25) is 0 Å². The number of benzene rings is 1. The average molecular weight is 288 g/mol. The molecular weight excluding hydrogens is 272 g/mol. The lowest BCUT2D eigenvalue weighted by molar-refractivity contribution is -0.129. The van der Waals surface area contributed by atoms with Gasteiger partial charge in [0.25, 0.3) is 11.8 Å². The van der Waals surface area contributed by atoms with Crippen molar-refractivity contribution in [3.8, 4) is 0 Å². The van der Waals surface area contributed by atoms with Gasteiger partial charge in [-0.2, -0.15) is 5.10 Å². The van der Waals surface area contributed by atoms with Gasteiger partial charge in [0.15, 0.2) is 5.69 Å². The van der Waals surface area contributed by atoms with E-state index in [2.05, 4.69) is 15.5 Å². The maximum atomic E-state index is 12.1. The Bertz CT molecular complexity index is 689. The second kappa shape index (κ2) is 5.53. The quantitative estimate of drug-likeness (QED) is 0.787. The minimum Gasteiger partial charge on any atom is -0.368 e. The van der Waals surface area contributed by atoms with E-state index in [1.54, 1.807) is 18.2 Å². The fourth-order valence-corrected chi connectivity index (χ4v) is 2.45. The molecule has 21 heavy (non-hydrogen) atoms. The number of H-pyrrole nitrogens is 1. The number of nitrogens with one attached hydrogen (secondary N) is 2. The summed E-state index contributed by atoms with van der Waals surface area (Å²) < 4.78 is 5.44. The highest BCUT2D eigenvalue weighted by Gasteiger charge is 2.22. The van der Waals surface area contributed by atoms with E-state index in [1.807, 2.05) is 0 Å². The fraction of sp³-hybridized carbons (Fsp3) is 0.357. The smallest absolute Gasteiger partial charge is 0.269 e. The first kappa shape index (κ1) is 13.6. The highest BCUT2D eigenvalue weighted by atomic mass is 16.5. The predicted molar refractivity (Wildman–Crippen MR) is 76.8 cm³/mol. The molecule has 0 radical (unpaired) electrons. The number of aromatic nitrogens is 2. The molecule has 7 heteroatoms. The number of ether oxygens (including phenoxy) is 1. The van der Waals surface area contributed by atoms with Gasteiger partial charge in [-0.25, -0.2) is 0 Å². The third-order valence-corrected chi connectivity index (χ3v) is 3.54. The zero-order valence-electron chi connectivity index (χ0n) is 11.4. The van der Waals surface area contributed by atoms with Crippen LogP contribution in [-0.2, 0) is 9.53 Å². The van der Waals surface area contributed by atoms with Crippen LogP contribution in [0.1, 0.15) is 29.8 Å². The third-order valence-electron chi connectivity index (χ3n) is 3.54. The number of carbonyl (C=O) groups excluding carboxylic acids is 2. The molecule has 0 spiro atoms. The van der Waals surface area contributed by atoms with E-state index >= 15 is 0 Å². The number of carbonyl (C=O) groups is 2. The molecule has 1 fully saturated rings. The first-order chi connectivity index (χ1) is 10.1. The molecule has 1 aromatic carbocycles. The highest BCUT2D eigenvalue weighted by molar-refractivity contribution is 6.05. The number of rotatable bonds is 3. The number of hydrogen-bond donors (Lipinski definition) is 3. The summed E-state index contributed by atoms with van der Waals surface area (Å²) in [5, 5.41) is 9.98. The third kappa shape index (κ3) is 2.73. The predicted octanol–water partition coefficient (Wildman–Crippen LogP) is 1.17. The van der Waals surface area contributed by atoms with Gasteiger partial charge in [0.05, 0.1) is 5.52 Å². The Morgan fingerprint density at radius 2 is 2.24 bits per heavy atom. The van der Waals surface area contributed by atoms with E-state index in [1.165, 1.54) is 0 Å². The number of aromatic amines is 1. The van der Waals surface area contributed by atoms with Crippen LogP contribution in [0.25, 0.3) is 10.9 Å². The Morgan fingerprint density at radius 3 is 2.95 bits per heavy atom. The molecule has 7 nitrogen and oxygen atoms in total. The molecule has 3 rings (SSSR count). The molecule has 1 atom stereocenters. The van der Waals surface area contributed by atoms with E-state index in [9.17, 15) is 9.59 Å². The zero-order chi connectivity index (χ0) is 14.8. The van der Waals surface area contributed by atoms with Crippen molar-refractivity contribution in [2.24, 2.45) is 5.73 Å². The summed E-state index contributed by atoms with van der Waals surface area (Å²) >= 11 is 0. The maximum absolute atomic E-state index is 12.1. The van der Waals surface area contributed by atoms with Gasteiger partial charge in [-0.05, 0) is 37.5 Å². The Balaban J connectivity index is 1.81. The molecule has 4 N–H and O–H groups in total. The number of nitrogens with two attached hydrogens (primary N) is 1. The Hall–Kier alpha value is -2.41. The molecule has 0 aliphatic carbocycles. The molecule has 0 saturated carbocycles. The van der Waals surface area contributed by atoms with Crippen LogP contribution in [-0.4, -0.2) is 34.7 Å². The van der Waals surface area contributed by atoms with E-state index in [4.69, 9.17) is 10.5 Å². The molecule has 110 valence electrons. The summed E-state index contributed by atoms with van der Waals surface area (Å²) in [5.74, 6) is -0.779. The number of hydrogen-bond acceptors (Lipinski definition) is 4.